The van der Waals surface area contributed by atoms with Crippen LogP contribution in [0.5, 0.6) is 5.75 Å². The number of likely N-dealkylation sites (N-methyl/N-ethyl adjacent to an activating group) is 1. The van der Waals surface area contributed by atoms with Crippen LogP contribution in [0.15, 0.2) is 24.3 Å². The van der Waals surface area contributed by atoms with Crippen LogP contribution >= 0.6 is 0 Å². The largest absolute Gasteiger partial charge is 0.496 e. The van der Waals surface area contributed by atoms with Gasteiger partial charge in [0.1, 0.15) is 11.8 Å². The lowest BCUT2D eigenvalue weighted by atomic mass is 10.1. The summed E-state index contributed by atoms with van der Waals surface area (Å²) in [4.78, 5) is 2.32. The summed E-state index contributed by atoms with van der Waals surface area (Å²) < 4.78 is 5.30. The maximum atomic E-state index is 9.30. The van der Waals surface area contributed by atoms with Crippen LogP contribution in [0, 0.1) is 11.3 Å². The third-order valence-corrected chi connectivity index (χ3v) is 3.25. The maximum absolute atomic E-state index is 9.30. The summed E-state index contributed by atoms with van der Waals surface area (Å²) in [5.74, 6) is 0.754. The summed E-state index contributed by atoms with van der Waals surface area (Å²) in [6, 6.07) is 9.61. The molecule has 1 unspecified atom stereocenters. The predicted molar refractivity (Wildman–Crippen MR) is 77.1 cm³/mol. The highest BCUT2D eigenvalue weighted by Gasteiger charge is 2.14. The number of nitrogens with zero attached hydrogens (tertiary/aromatic N) is 2. The normalized spacial score (nSPS) is 12.2. The molecule has 1 atom stereocenters. The Kier molecular flexibility index (Phi) is 6.94. The molecular weight excluding hydrogens is 238 g/mol. The molecule has 0 aliphatic carbocycles. The third-order valence-electron chi connectivity index (χ3n) is 3.25. The summed E-state index contributed by atoms with van der Waals surface area (Å²) in [5, 5.41) is 12.6. The van der Waals surface area contributed by atoms with Gasteiger partial charge in [-0.25, -0.2) is 0 Å². The summed E-state index contributed by atoms with van der Waals surface area (Å²) in [6.45, 7) is 8.09. The molecule has 0 aromatic heterocycles. The number of para-hydroxylation sites is 1. The van der Waals surface area contributed by atoms with E-state index in [0.717, 1.165) is 37.5 Å². The van der Waals surface area contributed by atoms with Gasteiger partial charge in [0.15, 0.2) is 0 Å². The second-order valence-corrected chi connectivity index (χ2v) is 4.29. The van der Waals surface area contributed by atoms with Crippen molar-refractivity contribution < 1.29 is 4.74 Å². The Hall–Kier alpha value is -1.57. The second-order valence-electron chi connectivity index (χ2n) is 4.29. The molecule has 104 valence electrons. The van der Waals surface area contributed by atoms with Crippen molar-refractivity contribution in [2.75, 3.05) is 33.3 Å². The van der Waals surface area contributed by atoms with Gasteiger partial charge in [-0.05, 0) is 19.2 Å². The minimum Gasteiger partial charge on any atom is -0.496 e. The first kappa shape index (κ1) is 15.5. The van der Waals surface area contributed by atoms with Crippen molar-refractivity contribution in [3.05, 3.63) is 29.8 Å². The van der Waals surface area contributed by atoms with Crippen molar-refractivity contribution in [1.82, 2.24) is 10.2 Å². The van der Waals surface area contributed by atoms with Gasteiger partial charge in [-0.1, -0.05) is 32.0 Å². The van der Waals surface area contributed by atoms with Crippen molar-refractivity contribution in [2.45, 2.75) is 19.9 Å². The van der Waals surface area contributed by atoms with Crippen molar-refractivity contribution >= 4 is 0 Å². The molecule has 19 heavy (non-hydrogen) atoms. The Balaban J connectivity index is 2.61. The van der Waals surface area contributed by atoms with E-state index in [4.69, 9.17) is 4.74 Å². The molecule has 4 nitrogen and oxygen atoms in total. The molecule has 0 spiro atoms. The number of benzene rings is 1. The highest BCUT2D eigenvalue weighted by atomic mass is 16.5. The molecule has 0 radical (unpaired) electrons. The number of ether oxygens (including phenoxy) is 1. The molecule has 0 aliphatic rings. The maximum Gasteiger partial charge on any atom is 0.124 e. The van der Waals surface area contributed by atoms with E-state index in [0.29, 0.717) is 0 Å². The van der Waals surface area contributed by atoms with Gasteiger partial charge in [-0.2, -0.15) is 5.26 Å². The summed E-state index contributed by atoms with van der Waals surface area (Å²) in [6.07, 6.45) is 0. The lowest BCUT2D eigenvalue weighted by Gasteiger charge is -2.20. The minimum absolute atomic E-state index is 0.327. The third kappa shape index (κ3) is 4.55. The standard InChI is InChI=1S/C15H23N3O/c1-4-18(5-2)11-10-17-14(12-16)13-8-6-7-9-15(13)19-3/h6-9,14,17H,4-5,10-11H2,1-3H3. The minimum atomic E-state index is -0.327. The van der Waals surface area contributed by atoms with Gasteiger partial charge in [0, 0.05) is 18.7 Å². The molecule has 0 aliphatic heterocycles. The smallest absolute Gasteiger partial charge is 0.124 e. The topological polar surface area (TPSA) is 48.3 Å². The van der Waals surface area contributed by atoms with E-state index in [-0.39, 0.29) is 6.04 Å². The van der Waals surface area contributed by atoms with Crippen LogP contribution in [0.25, 0.3) is 0 Å². The Bertz CT molecular complexity index is 410. The van der Waals surface area contributed by atoms with E-state index < -0.39 is 0 Å². The zero-order valence-corrected chi connectivity index (χ0v) is 12.0. The van der Waals surface area contributed by atoms with Gasteiger partial charge < -0.3 is 9.64 Å². The first-order chi connectivity index (χ1) is 9.26. The lowest BCUT2D eigenvalue weighted by molar-refractivity contribution is 0.299. The van der Waals surface area contributed by atoms with Gasteiger partial charge in [-0.3, -0.25) is 5.32 Å². The van der Waals surface area contributed by atoms with Crippen LogP contribution in [0.1, 0.15) is 25.5 Å². The molecule has 4 heteroatoms. The van der Waals surface area contributed by atoms with Gasteiger partial charge >= 0.3 is 0 Å². The first-order valence-corrected chi connectivity index (χ1v) is 6.75. The van der Waals surface area contributed by atoms with E-state index in [2.05, 4.69) is 30.1 Å². The van der Waals surface area contributed by atoms with E-state index in [1.807, 2.05) is 24.3 Å². The number of hydrogen-bond donors (Lipinski definition) is 1. The van der Waals surface area contributed by atoms with Crippen molar-refractivity contribution in [2.24, 2.45) is 0 Å². The Morgan fingerprint density at radius 3 is 2.58 bits per heavy atom. The monoisotopic (exact) mass is 261 g/mol. The summed E-state index contributed by atoms with van der Waals surface area (Å²) in [5.41, 5.74) is 0.895. The lowest BCUT2D eigenvalue weighted by Crippen LogP contribution is -2.33. The fourth-order valence-electron chi connectivity index (χ4n) is 2.04. The molecule has 0 bridgehead atoms. The Labute approximate surface area is 116 Å². The Morgan fingerprint density at radius 1 is 1.32 bits per heavy atom. The molecule has 1 N–H and O–H groups in total. The average molecular weight is 261 g/mol. The number of hydrogen-bond acceptors (Lipinski definition) is 4. The summed E-state index contributed by atoms with van der Waals surface area (Å²) in [7, 11) is 1.63. The zero-order chi connectivity index (χ0) is 14.1. The van der Waals surface area contributed by atoms with Gasteiger partial charge in [0.2, 0.25) is 0 Å². The van der Waals surface area contributed by atoms with E-state index in [1.165, 1.54) is 0 Å². The van der Waals surface area contributed by atoms with Crippen LogP contribution < -0.4 is 10.1 Å². The van der Waals surface area contributed by atoms with Gasteiger partial charge in [0.05, 0.1) is 13.2 Å². The number of nitrogens with one attached hydrogen (secondary N) is 1. The highest BCUT2D eigenvalue weighted by molar-refractivity contribution is 5.38. The van der Waals surface area contributed by atoms with E-state index in [1.54, 1.807) is 7.11 Å². The van der Waals surface area contributed by atoms with E-state index in [9.17, 15) is 5.26 Å². The second kappa shape index (κ2) is 8.52. The van der Waals surface area contributed by atoms with Gasteiger partial charge in [-0.15, -0.1) is 0 Å². The van der Waals surface area contributed by atoms with Crippen LogP contribution in [-0.2, 0) is 0 Å². The van der Waals surface area contributed by atoms with Crippen molar-refractivity contribution in [1.29, 1.82) is 5.26 Å². The highest BCUT2D eigenvalue weighted by Crippen LogP contribution is 2.23. The molecule has 0 fully saturated rings. The van der Waals surface area contributed by atoms with Crippen LogP contribution in [0.2, 0.25) is 0 Å². The van der Waals surface area contributed by atoms with Crippen LogP contribution in [-0.4, -0.2) is 38.2 Å². The average Bonchev–Trinajstić information content (AvgIpc) is 2.48. The quantitative estimate of drug-likeness (QED) is 0.779. The molecule has 1 rings (SSSR count). The molecule has 0 saturated heterocycles. The van der Waals surface area contributed by atoms with Crippen LogP contribution in [0.4, 0.5) is 0 Å². The molecule has 1 aromatic carbocycles. The van der Waals surface area contributed by atoms with Crippen molar-refractivity contribution in [3.63, 3.8) is 0 Å². The SMILES string of the molecule is CCN(CC)CCNC(C#N)c1ccccc1OC. The molecule has 0 amide bonds. The fourth-order valence-corrected chi connectivity index (χ4v) is 2.04. The molecular formula is C15H23N3O. The fraction of sp³-hybridized carbons (Fsp3) is 0.533. The number of nitriles is 1. The van der Waals surface area contributed by atoms with Crippen molar-refractivity contribution in [3.8, 4) is 11.8 Å². The molecule has 0 saturated carbocycles. The first-order valence-electron chi connectivity index (χ1n) is 6.75. The Morgan fingerprint density at radius 2 is 2.00 bits per heavy atom. The summed E-state index contributed by atoms with van der Waals surface area (Å²) >= 11 is 0. The molecule has 0 heterocycles. The van der Waals surface area contributed by atoms with E-state index >= 15 is 0 Å². The number of rotatable bonds is 8. The zero-order valence-electron chi connectivity index (χ0n) is 12.0. The molecule has 1 aromatic rings. The van der Waals surface area contributed by atoms with Gasteiger partial charge in [0.25, 0.3) is 0 Å². The van der Waals surface area contributed by atoms with Crippen LogP contribution in [0.3, 0.4) is 0 Å². The number of methoxy groups -OCH3 is 1. The predicted octanol–water partition coefficient (Wildman–Crippen LogP) is 2.19.